The fourth-order valence-electron chi connectivity index (χ4n) is 1.19. The summed E-state index contributed by atoms with van der Waals surface area (Å²) < 4.78 is 6.28. The molecule has 2 aromatic rings. The maximum atomic E-state index is 6.03. The van der Waals surface area contributed by atoms with Crippen LogP contribution in [0.3, 0.4) is 0 Å². The maximum absolute atomic E-state index is 6.03. The van der Waals surface area contributed by atoms with Crippen LogP contribution in [-0.2, 0) is 0 Å². The summed E-state index contributed by atoms with van der Waals surface area (Å²) in [6.45, 7) is 0. The first-order chi connectivity index (χ1) is 8.08. The molecule has 0 aliphatic rings. The van der Waals surface area contributed by atoms with Gasteiger partial charge in [0, 0.05) is 22.8 Å². The highest BCUT2D eigenvalue weighted by Gasteiger charge is 2.09. The zero-order chi connectivity index (χ0) is 12.4. The molecule has 88 valence electrons. The summed E-state index contributed by atoms with van der Waals surface area (Å²) >= 11 is 15.3. The molecule has 6 heteroatoms. The second-order valence-electron chi connectivity index (χ2n) is 3.21. The first kappa shape index (κ1) is 12.5. The molecule has 0 amide bonds. The second-order valence-corrected chi connectivity index (χ2v) is 4.88. The SMILES string of the molecule is Nc1cnccc1Oc1cc(Cl)c(Br)cc1Cl. The third-order valence-corrected chi connectivity index (χ3v) is 3.50. The number of ether oxygens (including phenoxy) is 1. The van der Waals surface area contributed by atoms with Crippen molar-refractivity contribution >= 4 is 44.8 Å². The summed E-state index contributed by atoms with van der Waals surface area (Å²) in [5.41, 5.74) is 6.15. The van der Waals surface area contributed by atoms with Crippen molar-refractivity contribution in [2.24, 2.45) is 0 Å². The van der Waals surface area contributed by atoms with Gasteiger partial charge in [-0.05, 0) is 22.0 Å². The molecule has 1 aromatic carbocycles. The minimum atomic E-state index is 0.433. The van der Waals surface area contributed by atoms with Gasteiger partial charge in [0.25, 0.3) is 0 Å². The van der Waals surface area contributed by atoms with Gasteiger partial charge < -0.3 is 10.5 Å². The zero-order valence-corrected chi connectivity index (χ0v) is 11.6. The number of hydrogen-bond acceptors (Lipinski definition) is 3. The van der Waals surface area contributed by atoms with Crippen molar-refractivity contribution < 1.29 is 4.74 Å². The van der Waals surface area contributed by atoms with Crippen molar-refractivity contribution in [3.05, 3.63) is 45.1 Å². The van der Waals surface area contributed by atoms with Gasteiger partial charge in [0.2, 0.25) is 0 Å². The molecule has 0 aliphatic heterocycles. The molecular weight excluding hydrogens is 327 g/mol. The van der Waals surface area contributed by atoms with Crippen LogP contribution in [0.4, 0.5) is 5.69 Å². The molecule has 0 radical (unpaired) electrons. The van der Waals surface area contributed by atoms with Crippen molar-refractivity contribution in [1.82, 2.24) is 4.98 Å². The Hall–Kier alpha value is -0.970. The number of pyridine rings is 1. The van der Waals surface area contributed by atoms with Gasteiger partial charge in [0.05, 0.1) is 21.9 Å². The van der Waals surface area contributed by atoms with Gasteiger partial charge in [-0.2, -0.15) is 0 Å². The topological polar surface area (TPSA) is 48.1 Å². The van der Waals surface area contributed by atoms with Crippen LogP contribution in [0.5, 0.6) is 11.5 Å². The van der Waals surface area contributed by atoms with Gasteiger partial charge in [-0.3, -0.25) is 4.98 Å². The minimum Gasteiger partial charge on any atom is -0.453 e. The van der Waals surface area contributed by atoms with Gasteiger partial charge in [0.1, 0.15) is 5.75 Å². The van der Waals surface area contributed by atoms with E-state index >= 15 is 0 Å². The van der Waals surface area contributed by atoms with E-state index in [9.17, 15) is 0 Å². The molecule has 1 heterocycles. The Morgan fingerprint density at radius 3 is 2.65 bits per heavy atom. The van der Waals surface area contributed by atoms with E-state index in [-0.39, 0.29) is 0 Å². The number of benzene rings is 1. The summed E-state index contributed by atoms with van der Waals surface area (Å²) in [5.74, 6) is 0.929. The van der Waals surface area contributed by atoms with Crippen LogP contribution in [-0.4, -0.2) is 4.98 Å². The molecule has 2 rings (SSSR count). The number of rotatable bonds is 2. The molecule has 3 nitrogen and oxygen atoms in total. The average Bonchev–Trinajstić information content (AvgIpc) is 2.29. The number of aromatic nitrogens is 1. The van der Waals surface area contributed by atoms with Gasteiger partial charge in [-0.15, -0.1) is 0 Å². The Kier molecular flexibility index (Phi) is 3.76. The zero-order valence-electron chi connectivity index (χ0n) is 8.45. The molecule has 17 heavy (non-hydrogen) atoms. The summed E-state index contributed by atoms with van der Waals surface area (Å²) in [7, 11) is 0. The average molecular weight is 334 g/mol. The quantitative estimate of drug-likeness (QED) is 0.821. The van der Waals surface area contributed by atoms with Gasteiger partial charge in [0.15, 0.2) is 5.75 Å². The van der Waals surface area contributed by atoms with E-state index in [2.05, 4.69) is 20.9 Å². The van der Waals surface area contributed by atoms with E-state index in [0.29, 0.717) is 31.7 Å². The standard InChI is InChI=1S/C11H7BrCl2N2O/c12-6-3-8(14)11(4-7(6)13)17-10-1-2-16-5-9(10)15/h1-5H,15H2. The number of nitrogens with two attached hydrogens (primary N) is 1. The normalized spacial score (nSPS) is 10.3. The summed E-state index contributed by atoms with van der Waals surface area (Å²) in [6, 6.07) is 4.94. The third-order valence-electron chi connectivity index (χ3n) is 2.00. The number of halogens is 3. The van der Waals surface area contributed by atoms with Gasteiger partial charge in [-0.1, -0.05) is 23.2 Å². The Morgan fingerprint density at radius 2 is 1.94 bits per heavy atom. The highest BCUT2D eigenvalue weighted by Crippen LogP contribution is 2.37. The lowest BCUT2D eigenvalue weighted by Gasteiger charge is -2.10. The first-order valence-electron chi connectivity index (χ1n) is 4.60. The molecular formula is C11H7BrCl2N2O. The van der Waals surface area contributed by atoms with Crippen LogP contribution >= 0.6 is 39.1 Å². The van der Waals surface area contributed by atoms with E-state index in [1.165, 1.54) is 6.20 Å². The lowest BCUT2D eigenvalue weighted by atomic mass is 10.3. The molecule has 0 unspecified atom stereocenters. The number of hydrogen-bond donors (Lipinski definition) is 1. The van der Waals surface area contributed by atoms with E-state index in [0.717, 1.165) is 0 Å². The van der Waals surface area contributed by atoms with Crippen molar-refractivity contribution in [1.29, 1.82) is 0 Å². The molecule has 0 saturated heterocycles. The van der Waals surface area contributed by atoms with E-state index < -0.39 is 0 Å². The Bertz CT molecular complexity index is 563. The molecule has 0 aliphatic carbocycles. The summed E-state index contributed by atoms with van der Waals surface area (Å²) in [5, 5.41) is 0.953. The van der Waals surface area contributed by atoms with Crippen LogP contribution in [0.25, 0.3) is 0 Å². The second kappa shape index (κ2) is 5.12. The summed E-state index contributed by atoms with van der Waals surface area (Å²) in [4.78, 5) is 3.87. The summed E-state index contributed by atoms with van der Waals surface area (Å²) in [6.07, 6.45) is 3.09. The fraction of sp³-hybridized carbons (Fsp3) is 0. The molecule has 0 spiro atoms. The molecule has 0 saturated carbocycles. The minimum absolute atomic E-state index is 0.433. The first-order valence-corrected chi connectivity index (χ1v) is 6.14. The van der Waals surface area contributed by atoms with Crippen molar-refractivity contribution in [3.8, 4) is 11.5 Å². The fourth-order valence-corrected chi connectivity index (χ4v) is 2.02. The Labute approximate surface area is 117 Å². The molecule has 0 bridgehead atoms. The predicted octanol–water partition coefficient (Wildman–Crippen LogP) is 4.53. The maximum Gasteiger partial charge on any atom is 0.153 e. The lowest BCUT2D eigenvalue weighted by molar-refractivity contribution is 0.484. The molecule has 0 atom stereocenters. The van der Waals surface area contributed by atoms with E-state index in [1.807, 2.05) is 0 Å². The third kappa shape index (κ3) is 2.83. The highest BCUT2D eigenvalue weighted by atomic mass is 79.9. The van der Waals surface area contributed by atoms with Gasteiger partial charge >= 0.3 is 0 Å². The van der Waals surface area contributed by atoms with Crippen LogP contribution in [0.2, 0.25) is 10.0 Å². The van der Waals surface area contributed by atoms with E-state index in [4.69, 9.17) is 33.7 Å². The lowest BCUT2D eigenvalue weighted by Crippen LogP contribution is -1.93. The Morgan fingerprint density at radius 1 is 1.18 bits per heavy atom. The van der Waals surface area contributed by atoms with Crippen LogP contribution in [0.15, 0.2) is 35.1 Å². The van der Waals surface area contributed by atoms with Crippen molar-refractivity contribution in [2.75, 3.05) is 5.73 Å². The predicted molar refractivity (Wildman–Crippen MR) is 72.9 cm³/mol. The van der Waals surface area contributed by atoms with Gasteiger partial charge in [-0.25, -0.2) is 0 Å². The van der Waals surface area contributed by atoms with Crippen LogP contribution in [0, 0.1) is 0 Å². The number of nitrogen functional groups attached to an aromatic ring is 1. The van der Waals surface area contributed by atoms with Crippen molar-refractivity contribution in [3.63, 3.8) is 0 Å². The van der Waals surface area contributed by atoms with Crippen LogP contribution < -0.4 is 10.5 Å². The van der Waals surface area contributed by atoms with Crippen molar-refractivity contribution in [2.45, 2.75) is 0 Å². The molecule has 2 N–H and O–H groups in total. The number of nitrogens with zero attached hydrogens (tertiary/aromatic N) is 1. The molecule has 0 fully saturated rings. The Balaban J connectivity index is 2.37. The number of anilines is 1. The smallest absolute Gasteiger partial charge is 0.153 e. The highest BCUT2D eigenvalue weighted by molar-refractivity contribution is 9.10. The largest absolute Gasteiger partial charge is 0.453 e. The molecule has 1 aromatic heterocycles. The monoisotopic (exact) mass is 332 g/mol. The van der Waals surface area contributed by atoms with E-state index in [1.54, 1.807) is 24.4 Å². The van der Waals surface area contributed by atoms with Crippen LogP contribution in [0.1, 0.15) is 0 Å².